The number of halogens is 1. The van der Waals surface area contributed by atoms with Gasteiger partial charge in [-0.3, -0.25) is 4.79 Å². The minimum absolute atomic E-state index is 0.183. The van der Waals surface area contributed by atoms with Crippen LogP contribution in [0.5, 0.6) is 0 Å². The number of carbonyl (C=O) groups is 1. The highest BCUT2D eigenvalue weighted by Crippen LogP contribution is 2.28. The van der Waals surface area contributed by atoms with Gasteiger partial charge in [-0.25, -0.2) is 0 Å². The quantitative estimate of drug-likeness (QED) is 0.623. The van der Waals surface area contributed by atoms with Crippen molar-refractivity contribution in [3.05, 3.63) is 46.8 Å². The number of nitrogens with one attached hydrogen (secondary N) is 1. The molecule has 8 heteroatoms. The fourth-order valence-electron chi connectivity index (χ4n) is 3.40. The summed E-state index contributed by atoms with van der Waals surface area (Å²) in [5.74, 6) is -0.183. The fraction of sp³-hybridized carbons (Fsp3) is 0.350. The van der Waals surface area contributed by atoms with E-state index in [9.17, 15) is 4.79 Å². The average molecular weight is 448 g/mol. The monoisotopic (exact) mass is 447 g/mol. The van der Waals surface area contributed by atoms with Crippen molar-refractivity contribution in [2.24, 2.45) is 0 Å². The Bertz CT molecular complexity index is 958. The Morgan fingerprint density at radius 1 is 1.21 bits per heavy atom. The maximum absolute atomic E-state index is 12.9. The summed E-state index contributed by atoms with van der Waals surface area (Å²) in [6.07, 6.45) is 0. The van der Waals surface area contributed by atoms with E-state index >= 15 is 0 Å². The van der Waals surface area contributed by atoms with Crippen molar-refractivity contribution >= 4 is 44.3 Å². The van der Waals surface area contributed by atoms with E-state index in [-0.39, 0.29) is 5.91 Å². The molecule has 0 saturated carbocycles. The van der Waals surface area contributed by atoms with Gasteiger partial charge in [-0.15, -0.1) is 0 Å². The van der Waals surface area contributed by atoms with Gasteiger partial charge in [-0.1, -0.05) is 0 Å². The molecule has 1 N–H and O–H groups in total. The fourth-order valence-corrected chi connectivity index (χ4v) is 3.79. The number of ether oxygens (including phenoxy) is 2. The van der Waals surface area contributed by atoms with Gasteiger partial charge in [0.1, 0.15) is 5.69 Å². The van der Waals surface area contributed by atoms with Crippen LogP contribution < -0.4 is 10.2 Å². The molecular weight excluding hydrogens is 426 g/mol. The maximum Gasteiger partial charge on any atom is 0.272 e. The molecule has 2 aromatic heterocycles. The van der Waals surface area contributed by atoms with Gasteiger partial charge in [0, 0.05) is 50.3 Å². The number of furan rings is 1. The van der Waals surface area contributed by atoms with Crippen LogP contribution in [0.4, 0.5) is 11.4 Å². The van der Waals surface area contributed by atoms with E-state index in [0.29, 0.717) is 29.1 Å². The molecule has 0 aliphatic carbocycles. The molecule has 0 atom stereocenters. The van der Waals surface area contributed by atoms with Crippen LogP contribution in [-0.4, -0.2) is 50.5 Å². The molecule has 148 valence electrons. The third kappa shape index (κ3) is 3.94. The van der Waals surface area contributed by atoms with Gasteiger partial charge in [-0.2, -0.15) is 0 Å². The van der Waals surface area contributed by atoms with E-state index < -0.39 is 0 Å². The number of hydrogen-bond acceptors (Lipinski definition) is 5. The second kappa shape index (κ2) is 8.38. The van der Waals surface area contributed by atoms with Gasteiger partial charge in [-0.05, 0) is 40.2 Å². The van der Waals surface area contributed by atoms with Gasteiger partial charge >= 0.3 is 0 Å². The van der Waals surface area contributed by atoms with Crippen molar-refractivity contribution < 1.29 is 18.7 Å². The van der Waals surface area contributed by atoms with Crippen molar-refractivity contribution in [3.63, 3.8) is 0 Å². The number of aromatic nitrogens is 1. The molecule has 1 amide bonds. The zero-order valence-electron chi connectivity index (χ0n) is 15.6. The van der Waals surface area contributed by atoms with E-state index in [2.05, 4.69) is 26.1 Å². The maximum atomic E-state index is 12.9. The molecular formula is C20H22BrN3O4. The molecule has 1 fully saturated rings. The highest BCUT2D eigenvalue weighted by atomic mass is 79.9. The Morgan fingerprint density at radius 3 is 2.68 bits per heavy atom. The molecule has 0 bridgehead atoms. The summed E-state index contributed by atoms with van der Waals surface area (Å²) >= 11 is 3.34. The number of rotatable bonds is 6. The van der Waals surface area contributed by atoms with Crippen molar-refractivity contribution in [2.75, 3.05) is 50.2 Å². The molecule has 1 aromatic carbocycles. The lowest BCUT2D eigenvalue weighted by Crippen LogP contribution is -2.36. The number of anilines is 2. The molecule has 0 spiro atoms. The molecule has 0 unspecified atom stereocenters. The highest BCUT2D eigenvalue weighted by Gasteiger charge is 2.19. The summed E-state index contributed by atoms with van der Waals surface area (Å²) in [6, 6.07) is 11.5. The SMILES string of the molecule is COCCn1c(C(=O)Nc2ccc(N3CCOCC3)cc2)cc2oc(Br)cc21. The number of benzene rings is 1. The smallest absolute Gasteiger partial charge is 0.272 e. The number of carbonyl (C=O) groups excluding carboxylic acids is 1. The van der Waals surface area contributed by atoms with Crippen LogP contribution in [0.1, 0.15) is 10.5 Å². The third-order valence-corrected chi connectivity index (χ3v) is 5.20. The molecule has 4 rings (SSSR count). The predicted octanol–water partition coefficient (Wildman–Crippen LogP) is 3.73. The normalized spacial score (nSPS) is 14.6. The van der Waals surface area contributed by atoms with Gasteiger partial charge in [0.25, 0.3) is 5.91 Å². The first kappa shape index (κ1) is 19.0. The van der Waals surface area contributed by atoms with Crippen molar-refractivity contribution in [1.29, 1.82) is 0 Å². The van der Waals surface area contributed by atoms with Gasteiger partial charge in [0.15, 0.2) is 10.3 Å². The summed E-state index contributed by atoms with van der Waals surface area (Å²) in [4.78, 5) is 15.2. The minimum atomic E-state index is -0.183. The number of methoxy groups -OCH3 is 1. The minimum Gasteiger partial charge on any atom is -0.448 e. The predicted molar refractivity (Wildman–Crippen MR) is 111 cm³/mol. The zero-order chi connectivity index (χ0) is 19.5. The Balaban J connectivity index is 1.52. The second-order valence-corrected chi connectivity index (χ2v) is 7.36. The van der Waals surface area contributed by atoms with Crippen molar-refractivity contribution in [1.82, 2.24) is 4.57 Å². The van der Waals surface area contributed by atoms with Crippen LogP contribution in [0.2, 0.25) is 0 Å². The molecule has 0 radical (unpaired) electrons. The first-order valence-electron chi connectivity index (χ1n) is 9.17. The molecule has 28 heavy (non-hydrogen) atoms. The zero-order valence-corrected chi connectivity index (χ0v) is 17.2. The number of nitrogens with zero attached hydrogens (tertiary/aromatic N) is 2. The number of fused-ring (bicyclic) bond motifs is 1. The van der Waals surface area contributed by atoms with Crippen LogP contribution >= 0.6 is 15.9 Å². The van der Waals surface area contributed by atoms with Gasteiger partial charge < -0.3 is 28.7 Å². The average Bonchev–Trinajstić information content (AvgIpc) is 3.24. The summed E-state index contributed by atoms with van der Waals surface area (Å²) in [6.45, 7) is 4.31. The number of hydrogen-bond donors (Lipinski definition) is 1. The Hall–Kier alpha value is -2.29. The van der Waals surface area contributed by atoms with E-state index in [1.165, 1.54) is 0 Å². The first-order valence-corrected chi connectivity index (χ1v) is 9.96. The number of morpholine rings is 1. The number of amides is 1. The lowest BCUT2D eigenvalue weighted by atomic mass is 10.2. The van der Waals surface area contributed by atoms with E-state index in [0.717, 1.165) is 43.2 Å². The van der Waals surface area contributed by atoms with Crippen molar-refractivity contribution in [3.8, 4) is 0 Å². The van der Waals surface area contributed by atoms with Crippen LogP contribution in [0.15, 0.2) is 45.5 Å². The molecule has 1 aliphatic heterocycles. The molecule has 1 aliphatic rings. The summed E-state index contributed by atoms with van der Waals surface area (Å²) in [7, 11) is 1.64. The highest BCUT2D eigenvalue weighted by molar-refractivity contribution is 9.10. The molecule has 7 nitrogen and oxygen atoms in total. The van der Waals surface area contributed by atoms with Crippen LogP contribution in [-0.2, 0) is 16.0 Å². The third-order valence-electron chi connectivity index (χ3n) is 4.81. The van der Waals surface area contributed by atoms with E-state index in [1.807, 2.05) is 34.9 Å². The Kier molecular flexibility index (Phi) is 5.70. The summed E-state index contributed by atoms with van der Waals surface area (Å²) in [5.41, 5.74) is 3.94. The summed E-state index contributed by atoms with van der Waals surface area (Å²) in [5, 5.41) is 2.97. The van der Waals surface area contributed by atoms with E-state index in [1.54, 1.807) is 13.2 Å². The second-order valence-electron chi connectivity index (χ2n) is 6.57. The van der Waals surface area contributed by atoms with Crippen molar-refractivity contribution in [2.45, 2.75) is 6.54 Å². The standard InChI is InChI=1S/C20H22BrN3O4/c1-26-9-8-24-16-13-19(21)28-18(16)12-17(24)20(25)22-14-2-4-15(5-3-14)23-6-10-27-11-7-23/h2-5,12-13H,6-11H2,1H3,(H,22,25). The van der Waals surface area contributed by atoms with Gasteiger partial charge in [0.2, 0.25) is 0 Å². The molecule has 3 aromatic rings. The lowest BCUT2D eigenvalue weighted by Gasteiger charge is -2.28. The van der Waals surface area contributed by atoms with Crippen LogP contribution in [0, 0.1) is 0 Å². The van der Waals surface area contributed by atoms with Gasteiger partial charge in [0.05, 0.1) is 25.3 Å². The molecule has 3 heterocycles. The molecule has 1 saturated heterocycles. The largest absolute Gasteiger partial charge is 0.448 e. The van der Waals surface area contributed by atoms with Crippen LogP contribution in [0.3, 0.4) is 0 Å². The van der Waals surface area contributed by atoms with Crippen LogP contribution in [0.25, 0.3) is 11.1 Å². The Labute approximate surface area is 171 Å². The first-order chi connectivity index (χ1) is 13.7. The lowest BCUT2D eigenvalue weighted by molar-refractivity contribution is 0.101. The summed E-state index contributed by atoms with van der Waals surface area (Å²) < 4.78 is 18.7. The van der Waals surface area contributed by atoms with E-state index in [4.69, 9.17) is 13.9 Å². The Morgan fingerprint density at radius 2 is 1.96 bits per heavy atom. The topological polar surface area (TPSA) is 68.9 Å².